The normalized spacial score (nSPS) is 12.8. The number of benzene rings is 3. The van der Waals surface area contributed by atoms with Gasteiger partial charge in [0.05, 0.1) is 16.7 Å². The van der Waals surface area contributed by atoms with Crippen LogP contribution in [0, 0.1) is 6.42 Å². The van der Waals surface area contributed by atoms with Gasteiger partial charge >= 0.3 is 19.7 Å². The Kier molecular flexibility index (Phi) is 8.91. The maximum atomic E-state index is 12.3. The molecular formula is C27H20BF6O3+. The Labute approximate surface area is 209 Å². The van der Waals surface area contributed by atoms with Crippen LogP contribution < -0.4 is 4.65 Å². The summed E-state index contributed by atoms with van der Waals surface area (Å²) < 4.78 is 78.0. The van der Waals surface area contributed by atoms with Crippen LogP contribution in [0.5, 0.6) is 5.75 Å². The van der Waals surface area contributed by atoms with Gasteiger partial charge < -0.3 is 14.7 Å². The van der Waals surface area contributed by atoms with E-state index in [2.05, 4.69) is 96.0 Å². The van der Waals surface area contributed by atoms with Gasteiger partial charge in [-0.1, -0.05) is 36.4 Å². The minimum absolute atomic E-state index is 0.101. The number of alkyl halides is 6. The monoisotopic (exact) mass is 517 g/mol. The molecule has 0 saturated carbocycles. The largest absolute Gasteiger partial charge is 0.707 e. The molecule has 3 nitrogen and oxygen atoms in total. The van der Waals surface area contributed by atoms with Crippen LogP contribution in [0.3, 0.4) is 0 Å². The molecule has 3 aromatic rings. The standard InChI is InChI=1S/C19H15.C8H5BF6O3/c1-4-10-16(11-5-1)19(17-12-6-2-7-13-17)18-14-8-3-9-15-18;10-7(11,12)4-1-5(8(13,14)15)3-6(2-4)18-9(16)17/h1-15H;1-3,16-17H/q+1;. The van der Waals surface area contributed by atoms with Crippen molar-refractivity contribution < 1.29 is 41.0 Å². The molecule has 0 aromatic heterocycles. The fourth-order valence-electron chi connectivity index (χ4n) is 3.43. The second kappa shape index (κ2) is 11.9. The third-order valence-corrected chi connectivity index (χ3v) is 4.99. The highest BCUT2D eigenvalue weighted by Crippen LogP contribution is 2.38. The zero-order valence-corrected chi connectivity index (χ0v) is 19.0. The number of allylic oxidation sites excluding steroid dienone is 5. The Hall–Kier alpha value is -3.89. The van der Waals surface area contributed by atoms with E-state index in [0.29, 0.717) is 0 Å². The lowest BCUT2D eigenvalue weighted by Gasteiger charge is -2.14. The third kappa shape index (κ3) is 8.06. The van der Waals surface area contributed by atoms with Gasteiger partial charge in [0.1, 0.15) is 11.3 Å². The summed E-state index contributed by atoms with van der Waals surface area (Å²) in [5.41, 5.74) is 1.82. The fourth-order valence-corrected chi connectivity index (χ4v) is 3.43. The van der Waals surface area contributed by atoms with Gasteiger partial charge in [0.15, 0.2) is 0 Å². The Balaban J connectivity index is 0.000000206. The van der Waals surface area contributed by atoms with Crippen LogP contribution in [-0.2, 0) is 12.4 Å². The van der Waals surface area contributed by atoms with Crippen molar-refractivity contribution >= 4 is 12.9 Å². The molecule has 10 heteroatoms. The molecule has 3 aromatic carbocycles. The summed E-state index contributed by atoms with van der Waals surface area (Å²) in [5, 5.41) is 16.7. The van der Waals surface area contributed by atoms with E-state index in [9.17, 15) is 26.3 Å². The fraction of sp³-hybridized carbons (Fsp3) is 0.0741. The maximum Gasteiger partial charge on any atom is 0.707 e. The highest BCUT2D eigenvalue weighted by molar-refractivity contribution is 6.33. The van der Waals surface area contributed by atoms with Gasteiger partial charge in [-0.2, -0.15) is 26.3 Å². The maximum absolute atomic E-state index is 12.3. The molecule has 0 amide bonds. The van der Waals surface area contributed by atoms with Crippen molar-refractivity contribution in [2.45, 2.75) is 12.4 Å². The molecule has 0 unspecified atom stereocenters. The van der Waals surface area contributed by atoms with Crippen molar-refractivity contribution in [2.24, 2.45) is 0 Å². The van der Waals surface area contributed by atoms with E-state index in [1.807, 2.05) is 0 Å². The summed E-state index contributed by atoms with van der Waals surface area (Å²) in [7, 11) is -2.52. The average molecular weight is 517 g/mol. The topological polar surface area (TPSA) is 49.7 Å². The molecule has 0 fully saturated rings. The first kappa shape index (κ1) is 27.7. The Morgan fingerprint density at radius 3 is 1.57 bits per heavy atom. The first-order chi connectivity index (χ1) is 17.4. The minimum atomic E-state index is -5.01. The second-order valence-electron chi connectivity index (χ2n) is 7.66. The Morgan fingerprint density at radius 1 is 0.703 bits per heavy atom. The summed E-state index contributed by atoms with van der Waals surface area (Å²) >= 11 is 0. The van der Waals surface area contributed by atoms with Gasteiger partial charge in [-0.05, 0) is 42.5 Å². The molecule has 0 saturated heterocycles. The Bertz CT molecular complexity index is 1190. The molecule has 1 aliphatic rings. The van der Waals surface area contributed by atoms with E-state index < -0.39 is 36.6 Å². The number of rotatable bonds is 4. The van der Waals surface area contributed by atoms with Crippen LogP contribution in [-0.4, -0.2) is 17.4 Å². The van der Waals surface area contributed by atoms with Crippen LogP contribution in [0.2, 0.25) is 0 Å². The van der Waals surface area contributed by atoms with Gasteiger partial charge in [-0.15, -0.1) is 0 Å². The van der Waals surface area contributed by atoms with Crippen LogP contribution >= 0.6 is 0 Å². The number of hydrogen-bond acceptors (Lipinski definition) is 3. The molecule has 0 aliphatic heterocycles. The second-order valence-corrected chi connectivity index (χ2v) is 7.66. The zero-order valence-electron chi connectivity index (χ0n) is 19.0. The summed E-state index contributed by atoms with van der Waals surface area (Å²) in [4.78, 5) is 0. The molecule has 190 valence electrons. The van der Waals surface area contributed by atoms with Crippen LogP contribution in [0.1, 0.15) is 22.3 Å². The number of hydrogen-bond donors (Lipinski definition) is 2. The molecule has 1 aliphatic carbocycles. The van der Waals surface area contributed by atoms with Gasteiger partial charge in [0, 0.05) is 41.9 Å². The highest BCUT2D eigenvalue weighted by Gasteiger charge is 2.37. The van der Waals surface area contributed by atoms with E-state index in [1.165, 1.54) is 22.3 Å². The van der Waals surface area contributed by atoms with Crippen molar-refractivity contribution in [3.05, 3.63) is 137 Å². The molecule has 0 spiro atoms. The minimum Gasteiger partial charge on any atom is -0.512 e. The quantitative estimate of drug-likeness (QED) is 0.225. The van der Waals surface area contributed by atoms with E-state index in [0.717, 1.165) is 0 Å². The van der Waals surface area contributed by atoms with E-state index in [4.69, 9.17) is 10.0 Å². The van der Waals surface area contributed by atoms with Crippen molar-refractivity contribution in [3.63, 3.8) is 0 Å². The molecule has 0 radical (unpaired) electrons. The summed E-state index contributed by atoms with van der Waals surface area (Å²) in [5.74, 6) is -0.952. The van der Waals surface area contributed by atoms with Gasteiger partial charge in [-0.25, -0.2) is 0 Å². The van der Waals surface area contributed by atoms with Gasteiger partial charge in [-0.3, -0.25) is 0 Å². The smallest absolute Gasteiger partial charge is 0.512 e. The van der Waals surface area contributed by atoms with E-state index >= 15 is 0 Å². The predicted molar refractivity (Wildman–Crippen MR) is 129 cm³/mol. The summed E-state index contributed by atoms with van der Waals surface area (Å²) in [6.07, 6.45) is 0.518. The van der Waals surface area contributed by atoms with Crippen molar-refractivity contribution in [1.82, 2.24) is 0 Å². The molecule has 2 N–H and O–H groups in total. The lowest BCUT2D eigenvalue weighted by Crippen LogP contribution is -2.21. The lowest BCUT2D eigenvalue weighted by atomic mass is 9.90. The first-order valence-electron chi connectivity index (χ1n) is 10.8. The van der Waals surface area contributed by atoms with Crippen LogP contribution in [0.4, 0.5) is 26.3 Å². The van der Waals surface area contributed by atoms with Gasteiger partial charge in [0.25, 0.3) is 0 Å². The highest BCUT2D eigenvalue weighted by atomic mass is 19.4. The number of halogens is 6. The Morgan fingerprint density at radius 2 is 1.19 bits per heavy atom. The molecule has 4 rings (SSSR count). The van der Waals surface area contributed by atoms with Crippen molar-refractivity contribution in [2.75, 3.05) is 0 Å². The summed E-state index contributed by atoms with van der Waals surface area (Å²) in [6.45, 7) is 0. The molecule has 0 atom stereocenters. The van der Waals surface area contributed by atoms with Gasteiger partial charge in [0.2, 0.25) is 0 Å². The molecular weight excluding hydrogens is 497 g/mol. The van der Waals surface area contributed by atoms with Crippen LogP contribution in [0.25, 0.3) is 5.57 Å². The lowest BCUT2D eigenvalue weighted by molar-refractivity contribution is -0.143. The van der Waals surface area contributed by atoms with E-state index in [-0.39, 0.29) is 18.2 Å². The van der Waals surface area contributed by atoms with Crippen molar-refractivity contribution in [1.29, 1.82) is 0 Å². The molecule has 0 bridgehead atoms. The third-order valence-electron chi connectivity index (χ3n) is 4.99. The molecule has 0 heterocycles. The zero-order chi connectivity index (χ0) is 27.1. The predicted octanol–water partition coefficient (Wildman–Crippen LogP) is 6.89. The average Bonchev–Trinajstić information content (AvgIpc) is 2.85. The first-order valence-corrected chi connectivity index (χ1v) is 10.8. The van der Waals surface area contributed by atoms with Crippen molar-refractivity contribution in [3.8, 4) is 5.75 Å². The summed E-state index contributed by atoms with van der Waals surface area (Å²) in [6, 6.07) is 21.5. The van der Waals surface area contributed by atoms with E-state index in [1.54, 1.807) is 0 Å². The molecule has 37 heavy (non-hydrogen) atoms. The van der Waals surface area contributed by atoms with Crippen LogP contribution in [0.15, 0.2) is 109 Å². The SMILES string of the molecule is C1=C[CH+]C(=C(c2ccccc2)c2ccccc2)C=C1.OB(O)Oc1cc(C(F)(F)F)cc(C(F)(F)F)c1.